The lowest BCUT2D eigenvalue weighted by Gasteiger charge is -2.39. The molecule has 7 heteroatoms. The molecule has 2 aliphatic heterocycles. The lowest BCUT2D eigenvalue weighted by Crippen LogP contribution is -2.53. The molecular weight excluding hydrogens is 328 g/mol. The van der Waals surface area contributed by atoms with Crippen molar-refractivity contribution in [1.82, 2.24) is 10.2 Å². The van der Waals surface area contributed by atoms with E-state index in [-0.39, 0.29) is 23.3 Å². The van der Waals surface area contributed by atoms with Crippen molar-refractivity contribution in [3.63, 3.8) is 0 Å². The molecule has 1 N–H and O–H groups in total. The molecule has 0 saturated carbocycles. The zero-order chi connectivity index (χ0) is 17.6. The van der Waals surface area contributed by atoms with E-state index in [0.717, 1.165) is 39.1 Å². The molecule has 2 saturated heterocycles. The maximum absolute atomic E-state index is 12.5. The molecule has 24 heavy (non-hydrogen) atoms. The first-order valence-electron chi connectivity index (χ1n) is 9.26. The standard InChI is InChI=1S/C17H32N2O4S/c1-3-14(4-2)16(19-7-9-23-10-8-19)12-18-17(20)15-6-5-11-24(21,22)13-15/h14-16H,3-13H2,1-2H3,(H,18,20)/t15-,16+/m1/s1. The molecule has 0 spiro atoms. The van der Waals surface area contributed by atoms with Crippen LogP contribution in [0.25, 0.3) is 0 Å². The Kier molecular flexibility index (Phi) is 7.50. The molecule has 2 fully saturated rings. The fourth-order valence-electron chi connectivity index (χ4n) is 3.91. The van der Waals surface area contributed by atoms with Gasteiger partial charge < -0.3 is 10.1 Å². The summed E-state index contributed by atoms with van der Waals surface area (Å²) >= 11 is 0. The van der Waals surface area contributed by atoms with Crippen molar-refractivity contribution in [3.8, 4) is 0 Å². The summed E-state index contributed by atoms with van der Waals surface area (Å²) in [5.41, 5.74) is 0. The van der Waals surface area contributed by atoms with Gasteiger partial charge in [0.25, 0.3) is 0 Å². The quantitative estimate of drug-likeness (QED) is 0.735. The number of carbonyl (C=O) groups is 1. The van der Waals surface area contributed by atoms with Gasteiger partial charge in [-0.3, -0.25) is 9.69 Å². The van der Waals surface area contributed by atoms with E-state index in [0.29, 0.717) is 31.3 Å². The molecule has 2 atom stereocenters. The van der Waals surface area contributed by atoms with Crippen LogP contribution in [-0.4, -0.2) is 69.6 Å². The van der Waals surface area contributed by atoms with Crippen molar-refractivity contribution in [2.24, 2.45) is 11.8 Å². The number of carbonyl (C=O) groups excluding carboxylic acids is 1. The van der Waals surface area contributed by atoms with E-state index in [1.165, 1.54) is 0 Å². The number of amides is 1. The molecule has 0 aromatic rings. The molecule has 0 radical (unpaired) electrons. The van der Waals surface area contributed by atoms with Gasteiger partial charge in [-0.15, -0.1) is 0 Å². The number of hydrogen-bond acceptors (Lipinski definition) is 5. The van der Waals surface area contributed by atoms with Gasteiger partial charge in [-0.05, 0) is 18.8 Å². The first-order valence-corrected chi connectivity index (χ1v) is 11.1. The minimum atomic E-state index is -3.05. The second kappa shape index (κ2) is 9.15. The minimum Gasteiger partial charge on any atom is -0.379 e. The second-order valence-corrected chi connectivity index (χ2v) is 9.22. The molecule has 0 aliphatic carbocycles. The molecule has 6 nitrogen and oxygen atoms in total. The Balaban J connectivity index is 1.94. The summed E-state index contributed by atoms with van der Waals surface area (Å²) in [7, 11) is -3.05. The van der Waals surface area contributed by atoms with Gasteiger partial charge in [0.1, 0.15) is 0 Å². The van der Waals surface area contributed by atoms with Crippen LogP contribution in [0.1, 0.15) is 39.5 Å². The SMILES string of the molecule is CCC(CC)[C@H](CNC(=O)[C@@H]1CCCS(=O)(=O)C1)N1CCOCC1. The van der Waals surface area contributed by atoms with Gasteiger partial charge in [-0.2, -0.15) is 0 Å². The van der Waals surface area contributed by atoms with Gasteiger partial charge in [0.15, 0.2) is 9.84 Å². The van der Waals surface area contributed by atoms with E-state index in [1.807, 2.05) is 0 Å². The van der Waals surface area contributed by atoms with Gasteiger partial charge in [-0.1, -0.05) is 26.7 Å². The summed E-state index contributed by atoms with van der Waals surface area (Å²) in [5, 5.41) is 3.05. The van der Waals surface area contributed by atoms with Crippen molar-refractivity contribution in [3.05, 3.63) is 0 Å². The van der Waals surface area contributed by atoms with Crippen LogP contribution in [0.2, 0.25) is 0 Å². The van der Waals surface area contributed by atoms with Crippen LogP contribution < -0.4 is 5.32 Å². The minimum absolute atomic E-state index is 0.00599. The highest BCUT2D eigenvalue weighted by atomic mass is 32.2. The Morgan fingerprint density at radius 1 is 1.25 bits per heavy atom. The highest BCUT2D eigenvalue weighted by Gasteiger charge is 2.32. The number of rotatable bonds is 7. The van der Waals surface area contributed by atoms with Gasteiger partial charge in [0.05, 0.1) is 30.6 Å². The summed E-state index contributed by atoms with van der Waals surface area (Å²) in [6, 6.07) is 0.299. The lowest BCUT2D eigenvalue weighted by atomic mass is 9.92. The zero-order valence-electron chi connectivity index (χ0n) is 15.0. The first-order chi connectivity index (χ1) is 11.5. The molecule has 0 aromatic carbocycles. The van der Waals surface area contributed by atoms with E-state index in [9.17, 15) is 13.2 Å². The summed E-state index contributed by atoms with van der Waals surface area (Å²) in [6.45, 7) is 8.26. The number of morpholine rings is 1. The summed E-state index contributed by atoms with van der Waals surface area (Å²) in [4.78, 5) is 14.9. The van der Waals surface area contributed by atoms with Gasteiger partial charge in [-0.25, -0.2) is 8.42 Å². The van der Waals surface area contributed by atoms with Crippen LogP contribution >= 0.6 is 0 Å². The largest absolute Gasteiger partial charge is 0.379 e. The van der Waals surface area contributed by atoms with Crippen LogP contribution in [0.15, 0.2) is 0 Å². The highest BCUT2D eigenvalue weighted by molar-refractivity contribution is 7.91. The third-order valence-corrected chi connectivity index (χ3v) is 7.25. The maximum Gasteiger partial charge on any atom is 0.224 e. The average Bonchev–Trinajstić information content (AvgIpc) is 2.58. The van der Waals surface area contributed by atoms with Crippen molar-refractivity contribution >= 4 is 15.7 Å². The topological polar surface area (TPSA) is 75.7 Å². The van der Waals surface area contributed by atoms with Crippen LogP contribution in [-0.2, 0) is 19.4 Å². The normalized spacial score (nSPS) is 26.2. The van der Waals surface area contributed by atoms with Crippen molar-refractivity contribution < 1.29 is 17.9 Å². The third kappa shape index (κ3) is 5.43. The monoisotopic (exact) mass is 360 g/mol. The molecule has 0 aromatic heterocycles. The molecule has 2 rings (SSSR count). The fraction of sp³-hybridized carbons (Fsp3) is 0.941. The Labute approximate surface area is 146 Å². The number of nitrogens with one attached hydrogen (secondary N) is 1. The molecule has 0 unspecified atom stereocenters. The van der Waals surface area contributed by atoms with Crippen molar-refractivity contribution in [2.45, 2.75) is 45.6 Å². The fourth-order valence-corrected chi connectivity index (χ4v) is 5.62. The van der Waals surface area contributed by atoms with Crippen LogP contribution in [0.5, 0.6) is 0 Å². The highest BCUT2D eigenvalue weighted by Crippen LogP contribution is 2.21. The molecule has 0 bridgehead atoms. The van der Waals surface area contributed by atoms with Crippen molar-refractivity contribution in [1.29, 1.82) is 0 Å². The van der Waals surface area contributed by atoms with E-state index in [1.54, 1.807) is 0 Å². The van der Waals surface area contributed by atoms with Crippen LogP contribution in [0.3, 0.4) is 0 Å². The molecule has 2 heterocycles. The van der Waals surface area contributed by atoms with Crippen molar-refractivity contribution in [2.75, 3.05) is 44.4 Å². The Hall–Kier alpha value is -0.660. The molecule has 1 amide bonds. The van der Waals surface area contributed by atoms with Crippen LogP contribution in [0, 0.1) is 11.8 Å². The maximum atomic E-state index is 12.5. The van der Waals surface area contributed by atoms with Crippen LogP contribution in [0.4, 0.5) is 0 Å². The van der Waals surface area contributed by atoms with E-state index < -0.39 is 9.84 Å². The van der Waals surface area contributed by atoms with E-state index in [4.69, 9.17) is 4.74 Å². The Morgan fingerprint density at radius 3 is 2.50 bits per heavy atom. The third-order valence-electron chi connectivity index (χ3n) is 5.43. The second-order valence-electron chi connectivity index (χ2n) is 6.99. The summed E-state index contributed by atoms with van der Waals surface area (Å²) in [6.07, 6.45) is 3.43. The zero-order valence-corrected chi connectivity index (χ0v) is 15.8. The van der Waals surface area contributed by atoms with E-state index >= 15 is 0 Å². The average molecular weight is 361 g/mol. The predicted molar refractivity (Wildman–Crippen MR) is 94.6 cm³/mol. The number of nitrogens with zero attached hydrogens (tertiary/aromatic N) is 1. The van der Waals surface area contributed by atoms with Gasteiger partial charge in [0, 0.05) is 25.7 Å². The first kappa shape index (κ1) is 19.7. The molecule has 2 aliphatic rings. The Bertz CT molecular complexity index is 499. The van der Waals surface area contributed by atoms with Gasteiger partial charge in [0.2, 0.25) is 5.91 Å². The molecule has 140 valence electrons. The predicted octanol–water partition coefficient (Wildman–Crippen LogP) is 1.06. The molecular formula is C17H32N2O4S. The summed E-state index contributed by atoms with van der Waals surface area (Å²) < 4.78 is 28.9. The summed E-state index contributed by atoms with van der Waals surface area (Å²) in [5.74, 6) is 0.282. The van der Waals surface area contributed by atoms with Gasteiger partial charge >= 0.3 is 0 Å². The van der Waals surface area contributed by atoms with E-state index in [2.05, 4.69) is 24.1 Å². The number of sulfone groups is 1. The lowest BCUT2D eigenvalue weighted by molar-refractivity contribution is -0.125. The smallest absolute Gasteiger partial charge is 0.224 e. The number of ether oxygens (including phenoxy) is 1. The Morgan fingerprint density at radius 2 is 1.92 bits per heavy atom. The number of hydrogen-bond donors (Lipinski definition) is 1.